The minimum Gasteiger partial charge on any atom is -0.486 e. The number of carbonyl (C=O) groups excluding carboxylic acids is 1. The van der Waals surface area contributed by atoms with E-state index < -0.39 is 0 Å². The smallest absolute Gasteiger partial charge is 0.228 e. The third-order valence-electron chi connectivity index (χ3n) is 5.35. The summed E-state index contributed by atoms with van der Waals surface area (Å²) in [6.07, 6.45) is 5.28. The first-order valence-corrected chi connectivity index (χ1v) is 10.3. The van der Waals surface area contributed by atoms with Crippen LogP contribution < -0.4 is 14.8 Å². The van der Waals surface area contributed by atoms with Crippen molar-refractivity contribution in [3.8, 4) is 11.5 Å². The number of nitrogens with one attached hydrogen (secondary N) is 1. The first-order chi connectivity index (χ1) is 13.8. The Bertz CT molecular complexity index is 798. The van der Waals surface area contributed by atoms with E-state index in [0.717, 1.165) is 29.2 Å². The highest BCUT2D eigenvalue weighted by Gasteiger charge is 2.13. The van der Waals surface area contributed by atoms with Gasteiger partial charge in [0.1, 0.15) is 13.2 Å². The molecule has 2 heterocycles. The molecule has 0 spiro atoms. The van der Waals surface area contributed by atoms with Gasteiger partial charge in [-0.15, -0.1) is 0 Å². The summed E-state index contributed by atoms with van der Waals surface area (Å²) in [6.45, 7) is 4.82. The largest absolute Gasteiger partial charge is 0.486 e. The van der Waals surface area contributed by atoms with Crippen molar-refractivity contribution in [3.63, 3.8) is 0 Å². The minimum absolute atomic E-state index is 0.0292. The molecule has 1 amide bonds. The molecular formula is C23H28N2O3. The van der Waals surface area contributed by atoms with E-state index in [4.69, 9.17) is 9.47 Å². The molecule has 148 valence electrons. The van der Waals surface area contributed by atoms with Gasteiger partial charge in [0.05, 0.1) is 6.42 Å². The lowest BCUT2D eigenvalue weighted by Crippen LogP contribution is -2.20. The lowest BCUT2D eigenvalue weighted by Gasteiger charge is -2.18. The second kappa shape index (κ2) is 9.11. The third-order valence-corrected chi connectivity index (χ3v) is 5.35. The number of hydrogen-bond donors (Lipinski definition) is 1. The van der Waals surface area contributed by atoms with Crippen molar-refractivity contribution in [2.24, 2.45) is 0 Å². The number of hydrogen-bond acceptors (Lipinski definition) is 4. The number of rotatable bonds is 7. The zero-order valence-electron chi connectivity index (χ0n) is 16.3. The molecule has 0 aromatic heterocycles. The Labute approximate surface area is 166 Å². The average molecular weight is 380 g/mol. The van der Waals surface area contributed by atoms with Crippen LogP contribution in [0.4, 0.5) is 5.69 Å². The number of carbonyl (C=O) groups is 1. The summed E-state index contributed by atoms with van der Waals surface area (Å²) in [4.78, 5) is 14.9. The summed E-state index contributed by atoms with van der Waals surface area (Å²) in [6, 6.07) is 13.9. The van der Waals surface area contributed by atoms with Crippen molar-refractivity contribution in [1.82, 2.24) is 4.90 Å². The third kappa shape index (κ3) is 5.04. The normalized spacial score (nSPS) is 16.1. The number of anilines is 1. The van der Waals surface area contributed by atoms with E-state index in [1.54, 1.807) is 0 Å². The van der Waals surface area contributed by atoms with Crippen molar-refractivity contribution in [1.29, 1.82) is 0 Å². The van der Waals surface area contributed by atoms with E-state index in [0.29, 0.717) is 19.6 Å². The maximum atomic E-state index is 12.4. The predicted octanol–water partition coefficient (Wildman–Crippen LogP) is 3.67. The summed E-state index contributed by atoms with van der Waals surface area (Å²) in [7, 11) is 0. The highest BCUT2D eigenvalue weighted by atomic mass is 16.6. The molecule has 4 rings (SSSR count). The van der Waals surface area contributed by atoms with Crippen molar-refractivity contribution in [2.45, 2.75) is 32.1 Å². The average Bonchev–Trinajstić information content (AvgIpc) is 3.23. The predicted molar refractivity (Wildman–Crippen MR) is 110 cm³/mol. The number of likely N-dealkylation sites (tertiary alicyclic amines) is 1. The van der Waals surface area contributed by atoms with Crippen molar-refractivity contribution < 1.29 is 14.3 Å². The van der Waals surface area contributed by atoms with Gasteiger partial charge in [-0.2, -0.15) is 0 Å². The van der Waals surface area contributed by atoms with Crippen LogP contribution in [-0.4, -0.2) is 43.7 Å². The summed E-state index contributed by atoms with van der Waals surface area (Å²) in [5.41, 5.74) is 3.08. The van der Waals surface area contributed by atoms with Crippen LogP contribution in [-0.2, 0) is 17.6 Å². The molecule has 2 aliphatic rings. The van der Waals surface area contributed by atoms with Crippen LogP contribution in [0.1, 0.15) is 30.4 Å². The molecule has 2 aromatic carbocycles. The van der Waals surface area contributed by atoms with Crippen molar-refractivity contribution in [3.05, 3.63) is 53.6 Å². The summed E-state index contributed by atoms with van der Waals surface area (Å²) in [5.74, 6) is 1.43. The number of ether oxygens (including phenoxy) is 2. The lowest BCUT2D eigenvalue weighted by molar-refractivity contribution is -0.115. The fourth-order valence-electron chi connectivity index (χ4n) is 3.86. The maximum absolute atomic E-state index is 12.4. The number of nitrogens with zero attached hydrogens (tertiary/aromatic N) is 1. The fourth-order valence-corrected chi connectivity index (χ4v) is 3.86. The molecule has 0 atom stereocenters. The monoisotopic (exact) mass is 380 g/mol. The Morgan fingerprint density at radius 1 is 0.929 bits per heavy atom. The Morgan fingerprint density at radius 3 is 2.43 bits per heavy atom. The number of benzene rings is 2. The van der Waals surface area contributed by atoms with Crippen molar-refractivity contribution in [2.75, 3.05) is 38.2 Å². The van der Waals surface area contributed by atoms with Crippen LogP contribution in [0.2, 0.25) is 0 Å². The van der Waals surface area contributed by atoms with Gasteiger partial charge in [-0.1, -0.05) is 18.2 Å². The van der Waals surface area contributed by atoms with Gasteiger partial charge >= 0.3 is 0 Å². The highest BCUT2D eigenvalue weighted by molar-refractivity contribution is 5.92. The lowest BCUT2D eigenvalue weighted by atomic mass is 10.1. The van der Waals surface area contributed by atoms with Crippen LogP contribution in [0.25, 0.3) is 0 Å². The molecule has 0 bridgehead atoms. The van der Waals surface area contributed by atoms with E-state index in [1.165, 1.54) is 44.5 Å². The van der Waals surface area contributed by atoms with Crippen molar-refractivity contribution >= 4 is 11.6 Å². The molecule has 0 aliphatic carbocycles. The Hall–Kier alpha value is -2.53. The maximum Gasteiger partial charge on any atom is 0.228 e. The number of aryl methyl sites for hydroxylation is 1. The van der Waals surface area contributed by atoms with E-state index in [9.17, 15) is 4.79 Å². The highest BCUT2D eigenvalue weighted by Crippen LogP contribution is 2.30. The molecular weight excluding hydrogens is 352 g/mol. The molecule has 2 aromatic rings. The first kappa shape index (κ1) is 18.8. The molecule has 0 saturated carbocycles. The summed E-state index contributed by atoms with van der Waals surface area (Å²) in [5, 5.41) is 2.98. The first-order valence-electron chi connectivity index (χ1n) is 10.3. The Balaban J connectivity index is 1.25. The van der Waals surface area contributed by atoms with Gasteiger partial charge in [-0.3, -0.25) is 4.79 Å². The second-order valence-corrected chi connectivity index (χ2v) is 7.55. The van der Waals surface area contributed by atoms with Gasteiger partial charge in [0.15, 0.2) is 11.5 Å². The molecule has 5 nitrogen and oxygen atoms in total. The van der Waals surface area contributed by atoms with E-state index >= 15 is 0 Å². The molecule has 28 heavy (non-hydrogen) atoms. The van der Waals surface area contributed by atoms with Crippen LogP contribution in [0.15, 0.2) is 42.5 Å². The molecule has 1 saturated heterocycles. The molecule has 5 heteroatoms. The van der Waals surface area contributed by atoms with Gasteiger partial charge < -0.3 is 19.7 Å². The SMILES string of the molecule is O=C(Cc1ccc2c(c1)OCCO2)Nc1ccc(CCCN2CCCC2)cc1. The topological polar surface area (TPSA) is 50.8 Å². The van der Waals surface area contributed by atoms with Crippen LogP contribution in [0, 0.1) is 0 Å². The number of fused-ring (bicyclic) bond motifs is 1. The molecule has 2 aliphatic heterocycles. The Kier molecular flexibility index (Phi) is 6.12. The summed E-state index contributed by atoms with van der Waals surface area (Å²) >= 11 is 0. The second-order valence-electron chi connectivity index (χ2n) is 7.55. The van der Waals surface area contributed by atoms with Gasteiger partial charge in [0.2, 0.25) is 5.91 Å². The molecule has 1 fully saturated rings. The molecule has 0 radical (unpaired) electrons. The number of amides is 1. The molecule has 0 unspecified atom stereocenters. The van der Waals surface area contributed by atoms with Gasteiger partial charge in [-0.25, -0.2) is 0 Å². The van der Waals surface area contributed by atoms with E-state index in [2.05, 4.69) is 22.3 Å². The van der Waals surface area contributed by atoms with Gasteiger partial charge in [0, 0.05) is 5.69 Å². The van der Waals surface area contributed by atoms with Crippen LogP contribution >= 0.6 is 0 Å². The van der Waals surface area contributed by atoms with Crippen LogP contribution in [0.5, 0.6) is 11.5 Å². The van der Waals surface area contributed by atoms with Crippen LogP contribution in [0.3, 0.4) is 0 Å². The van der Waals surface area contributed by atoms with E-state index in [1.807, 2.05) is 30.3 Å². The quantitative estimate of drug-likeness (QED) is 0.796. The van der Waals surface area contributed by atoms with E-state index in [-0.39, 0.29) is 5.91 Å². The van der Waals surface area contributed by atoms with Gasteiger partial charge in [-0.05, 0) is 80.7 Å². The Morgan fingerprint density at radius 2 is 1.64 bits per heavy atom. The minimum atomic E-state index is -0.0292. The zero-order chi connectivity index (χ0) is 19.2. The standard InChI is InChI=1S/C23H28N2O3/c26-23(17-19-7-10-21-22(16-19)28-15-14-27-21)24-20-8-5-18(6-9-20)4-3-13-25-11-1-2-12-25/h5-10,16H,1-4,11-15,17H2,(H,24,26). The summed E-state index contributed by atoms with van der Waals surface area (Å²) < 4.78 is 11.1. The fraction of sp³-hybridized carbons (Fsp3) is 0.435. The van der Waals surface area contributed by atoms with Gasteiger partial charge in [0.25, 0.3) is 0 Å². The zero-order valence-corrected chi connectivity index (χ0v) is 16.3. The molecule has 1 N–H and O–H groups in total.